The van der Waals surface area contributed by atoms with Crippen LogP contribution in [0.5, 0.6) is 17.2 Å². The van der Waals surface area contributed by atoms with Crippen molar-refractivity contribution in [1.82, 2.24) is 4.90 Å². The van der Waals surface area contributed by atoms with Crippen LogP contribution in [-0.2, 0) is 9.53 Å². The molecule has 0 spiro atoms. The van der Waals surface area contributed by atoms with Crippen molar-refractivity contribution in [2.45, 2.75) is 6.42 Å². The van der Waals surface area contributed by atoms with Crippen LogP contribution in [0.1, 0.15) is 16.8 Å². The molecular weight excluding hydrogens is 330 g/mol. The fraction of sp³-hybridized carbons (Fsp3) is 0.529. The predicted octanol–water partition coefficient (Wildman–Crippen LogP) is 1.03. The van der Waals surface area contributed by atoms with Crippen molar-refractivity contribution in [2.24, 2.45) is 5.41 Å². The van der Waals surface area contributed by atoms with Gasteiger partial charge in [0.2, 0.25) is 5.75 Å². The molecule has 1 aromatic carbocycles. The zero-order chi connectivity index (χ0) is 18.0. The second kappa shape index (κ2) is 6.79. The molecule has 2 aliphatic heterocycles. The lowest BCUT2D eigenvalue weighted by Gasteiger charge is -2.25. The summed E-state index contributed by atoms with van der Waals surface area (Å²) in [6, 6.07) is 3.20. The van der Waals surface area contributed by atoms with Crippen molar-refractivity contribution in [3.05, 3.63) is 17.7 Å². The Bertz CT molecular complexity index is 673. The fourth-order valence-electron chi connectivity index (χ4n) is 3.26. The Morgan fingerprint density at radius 3 is 2.72 bits per heavy atom. The second-order valence-corrected chi connectivity index (χ2v) is 6.20. The zero-order valence-electron chi connectivity index (χ0n) is 14.2. The summed E-state index contributed by atoms with van der Waals surface area (Å²) in [7, 11) is 2.95. The first-order valence-corrected chi connectivity index (χ1v) is 8.00. The van der Waals surface area contributed by atoms with Crippen LogP contribution < -0.4 is 14.2 Å². The maximum absolute atomic E-state index is 12.9. The van der Waals surface area contributed by atoms with Gasteiger partial charge in [-0.2, -0.15) is 0 Å². The number of amides is 1. The Labute approximate surface area is 145 Å². The highest BCUT2D eigenvalue weighted by molar-refractivity contribution is 5.96. The summed E-state index contributed by atoms with van der Waals surface area (Å²) >= 11 is 0. The average Bonchev–Trinajstić information content (AvgIpc) is 3.06. The molecule has 1 unspecified atom stereocenters. The number of hydrogen-bond acceptors (Lipinski definition) is 6. The molecule has 25 heavy (non-hydrogen) atoms. The van der Waals surface area contributed by atoms with Gasteiger partial charge < -0.3 is 29.0 Å². The van der Waals surface area contributed by atoms with Crippen LogP contribution in [0.4, 0.5) is 0 Å². The molecule has 8 heteroatoms. The van der Waals surface area contributed by atoms with Gasteiger partial charge in [0.25, 0.3) is 5.91 Å². The van der Waals surface area contributed by atoms with Gasteiger partial charge in [0.05, 0.1) is 13.7 Å². The minimum atomic E-state index is -1.07. The first kappa shape index (κ1) is 17.3. The molecule has 0 aliphatic carbocycles. The largest absolute Gasteiger partial charge is 0.493 e. The second-order valence-electron chi connectivity index (χ2n) is 6.20. The number of carboxylic acids is 1. The third kappa shape index (κ3) is 3.09. The van der Waals surface area contributed by atoms with Crippen LogP contribution in [0.25, 0.3) is 0 Å². The van der Waals surface area contributed by atoms with Gasteiger partial charge in [-0.05, 0) is 18.6 Å². The van der Waals surface area contributed by atoms with Crippen molar-refractivity contribution >= 4 is 11.9 Å². The van der Waals surface area contributed by atoms with Crippen molar-refractivity contribution in [3.8, 4) is 17.2 Å². The Balaban J connectivity index is 1.85. The van der Waals surface area contributed by atoms with Crippen LogP contribution in [0, 0.1) is 5.41 Å². The lowest BCUT2D eigenvalue weighted by Crippen LogP contribution is -2.40. The predicted molar refractivity (Wildman–Crippen MR) is 86.4 cm³/mol. The van der Waals surface area contributed by atoms with Gasteiger partial charge in [-0.15, -0.1) is 0 Å². The van der Waals surface area contributed by atoms with Crippen molar-refractivity contribution in [3.63, 3.8) is 0 Å². The number of ether oxygens (including phenoxy) is 4. The fourth-order valence-corrected chi connectivity index (χ4v) is 3.26. The molecule has 1 saturated heterocycles. The summed E-state index contributed by atoms with van der Waals surface area (Å²) in [6.07, 6.45) is 0.351. The molecule has 1 N–H and O–H groups in total. The van der Waals surface area contributed by atoms with Crippen molar-refractivity contribution in [2.75, 3.05) is 47.1 Å². The molecule has 3 rings (SSSR count). The number of aliphatic carboxylic acids is 1. The maximum atomic E-state index is 12.9. The number of likely N-dealkylation sites (tertiary alicyclic amines) is 1. The van der Waals surface area contributed by atoms with E-state index in [2.05, 4.69) is 0 Å². The zero-order valence-corrected chi connectivity index (χ0v) is 14.2. The Morgan fingerprint density at radius 1 is 1.28 bits per heavy atom. The minimum absolute atomic E-state index is 0.0660. The van der Waals surface area contributed by atoms with Gasteiger partial charge in [0.1, 0.15) is 18.6 Å². The van der Waals surface area contributed by atoms with Gasteiger partial charge >= 0.3 is 5.97 Å². The quantitative estimate of drug-likeness (QED) is 0.846. The van der Waals surface area contributed by atoms with E-state index in [1.54, 1.807) is 12.1 Å². The summed E-state index contributed by atoms with van der Waals surface area (Å²) < 4.78 is 21.4. The number of hydrogen-bond donors (Lipinski definition) is 1. The van der Waals surface area contributed by atoms with Gasteiger partial charge in [0, 0.05) is 25.8 Å². The number of nitrogens with zero attached hydrogens (tertiary/aromatic N) is 1. The summed E-state index contributed by atoms with van der Waals surface area (Å²) in [5.41, 5.74) is -0.692. The monoisotopic (exact) mass is 351 g/mol. The van der Waals surface area contributed by atoms with E-state index in [9.17, 15) is 14.7 Å². The van der Waals surface area contributed by atoms with Gasteiger partial charge in [-0.1, -0.05) is 0 Å². The minimum Gasteiger partial charge on any atom is -0.493 e. The first-order valence-electron chi connectivity index (χ1n) is 8.00. The van der Waals surface area contributed by atoms with E-state index < -0.39 is 11.4 Å². The number of carbonyl (C=O) groups excluding carboxylic acids is 1. The smallest absolute Gasteiger partial charge is 0.313 e. The third-order valence-electron chi connectivity index (χ3n) is 4.59. The standard InChI is InChI=1S/C17H21NO7/c1-22-10-17(16(20)21)3-4-18(9-17)15(19)11-7-12(23-2)14-13(8-11)24-5-6-25-14/h7-8H,3-6,9-10H2,1-2H3,(H,20,21). The molecule has 0 bridgehead atoms. The lowest BCUT2D eigenvalue weighted by atomic mass is 9.88. The molecule has 0 aromatic heterocycles. The number of carboxylic acid groups (broad SMARTS) is 1. The van der Waals surface area contributed by atoms with E-state index in [1.807, 2.05) is 0 Å². The maximum Gasteiger partial charge on any atom is 0.313 e. The van der Waals surface area contributed by atoms with Crippen LogP contribution in [0.15, 0.2) is 12.1 Å². The van der Waals surface area contributed by atoms with E-state index in [0.717, 1.165) is 0 Å². The molecule has 1 aromatic rings. The third-order valence-corrected chi connectivity index (χ3v) is 4.59. The molecule has 136 valence electrons. The SMILES string of the molecule is COCC1(C(=O)O)CCN(C(=O)c2cc(OC)c3c(c2)OCCO3)C1. The van der Waals surface area contributed by atoms with Gasteiger partial charge in [-0.25, -0.2) is 0 Å². The van der Waals surface area contributed by atoms with Crippen LogP contribution in [0.2, 0.25) is 0 Å². The van der Waals surface area contributed by atoms with Crippen LogP contribution in [0.3, 0.4) is 0 Å². The van der Waals surface area contributed by atoms with Crippen molar-refractivity contribution in [1.29, 1.82) is 0 Å². The topological polar surface area (TPSA) is 94.5 Å². The first-order chi connectivity index (χ1) is 12.0. The van der Waals surface area contributed by atoms with Gasteiger partial charge in [0.15, 0.2) is 11.5 Å². The molecule has 8 nitrogen and oxygen atoms in total. The molecule has 1 atom stereocenters. The number of benzene rings is 1. The molecule has 1 amide bonds. The number of rotatable bonds is 5. The van der Waals surface area contributed by atoms with E-state index >= 15 is 0 Å². The molecular formula is C17H21NO7. The molecule has 2 heterocycles. The van der Waals surface area contributed by atoms with E-state index in [0.29, 0.717) is 49.0 Å². The van der Waals surface area contributed by atoms with E-state index in [1.165, 1.54) is 19.1 Å². The molecule has 0 saturated carbocycles. The van der Waals surface area contributed by atoms with Crippen LogP contribution >= 0.6 is 0 Å². The van der Waals surface area contributed by atoms with Crippen molar-refractivity contribution < 1.29 is 33.6 Å². The van der Waals surface area contributed by atoms with E-state index in [-0.39, 0.29) is 19.1 Å². The highest BCUT2D eigenvalue weighted by Crippen LogP contribution is 2.41. The summed E-state index contributed by atoms with van der Waals surface area (Å²) in [5.74, 6) is 0.126. The highest BCUT2D eigenvalue weighted by atomic mass is 16.6. The summed E-state index contributed by atoms with van der Waals surface area (Å²) in [4.78, 5) is 26.0. The highest BCUT2D eigenvalue weighted by Gasteiger charge is 2.46. The summed E-state index contributed by atoms with van der Waals surface area (Å²) in [5, 5.41) is 9.53. The molecule has 1 fully saturated rings. The number of methoxy groups -OCH3 is 2. The Hall–Kier alpha value is -2.48. The molecule has 2 aliphatic rings. The number of carbonyl (C=O) groups is 2. The Morgan fingerprint density at radius 2 is 2.04 bits per heavy atom. The van der Waals surface area contributed by atoms with Gasteiger partial charge in [-0.3, -0.25) is 9.59 Å². The lowest BCUT2D eigenvalue weighted by molar-refractivity contribution is -0.151. The summed E-state index contributed by atoms with van der Waals surface area (Å²) in [6.45, 7) is 1.34. The van der Waals surface area contributed by atoms with Crippen LogP contribution in [-0.4, -0.2) is 69.0 Å². The average molecular weight is 351 g/mol. The number of fused-ring (bicyclic) bond motifs is 1. The normalized spacial score (nSPS) is 21.9. The van der Waals surface area contributed by atoms with E-state index in [4.69, 9.17) is 18.9 Å². The molecule has 0 radical (unpaired) electrons. The Kier molecular flexibility index (Phi) is 4.71.